The molecule has 2 aromatic carbocycles. The highest BCUT2D eigenvalue weighted by Gasteiger charge is 2.22. The largest absolute Gasteiger partial charge is 0.497 e. The Morgan fingerprint density at radius 3 is 2.76 bits per heavy atom. The highest BCUT2D eigenvalue weighted by molar-refractivity contribution is 7.91. The van der Waals surface area contributed by atoms with E-state index in [4.69, 9.17) is 9.15 Å². The van der Waals surface area contributed by atoms with Gasteiger partial charge in [-0.15, -0.1) is 0 Å². The predicted octanol–water partition coefficient (Wildman–Crippen LogP) is 4.19. The summed E-state index contributed by atoms with van der Waals surface area (Å²) in [5.41, 5.74) is 3.45. The van der Waals surface area contributed by atoms with Crippen molar-refractivity contribution in [1.29, 1.82) is 0 Å². The van der Waals surface area contributed by atoms with Gasteiger partial charge < -0.3 is 19.5 Å². The Kier molecular flexibility index (Phi) is 5.76. The number of hydrogen-bond donors (Lipinski definition) is 2. The number of likely N-dealkylation sites (tertiary alicyclic amines) is 1. The quantitative estimate of drug-likeness (QED) is 0.419. The number of H-pyrrole nitrogens is 1. The first-order chi connectivity index (χ1) is 15.9. The van der Waals surface area contributed by atoms with Crippen LogP contribution in [0.25, 0.3) is 22.0 Å². The van der Waals surface area contributed by atoms with Crippen LogP contribution in [-0.2, 0) is 16.4 Å². The fourth-order valence-corrected chi connectivity index (χ4v) is 5.26. The summed E-state index contributed by atoms with van der Waals surface area (Å²) >= 11 is 0. The van der Waals surface area contributed by atoms with Crippen molar-refractivity contribution in [1.82, 2.24) is 14.9 Å². The van der Waals surface area contributed by atoms with Crippen LogP contribution < -0.4 is 10.1 Å². The van der Waals surface area contributed by atoms with Gasteiger partial charge >= 0.3 is 0 Å². The van der Waals surface area contributed by atoms with Crippen LogP contribution in [0, 0.1) is 0 Å². The van der Waals surface area contributed by atoms with E-state index in [0.717, 1.165) is 49.1 Å². The number of nitrogens with zero attached hydrogens (tertiary/aromatic N) is 2. The third-order valence-electron chi connectivity index (χ3n) is 6.29. The van der Waals surface area contributed by atoms with Gasteiger partial charge in [0.2, 0.25) is 0 Å². The summed E-state index contributed by atoms with van der Waals surface area (Å²) in [4.78, 5) is 10.7. The summed E-state index contributed by atoms with van der Waals surface area (Å²) in [6, 6.07) is 13.8. The van der Waals surface area contributed by atoms with Crippen molar-refractivity contribution in [2.45, 2.75) is 37.2 Å². The average Bonchev–Trinajstić information content (AvgIpc) is 3.41. The summed E-state index contributed by atoms with van der Waals surface area (Å²) in [5.74, 6) is 0.926. The molecule has 0 radical (unpaired) electrons. The maximum absolute atomic E-state index is 12.1. The molecule has 9 heteroatoms. The molecule has 3 heterocycles. The molecule has 174 valence electrons. The lowest BCUT2D eigenvalue weighted by Gasteiger charge is -2.31. The van der Waals surface area contributed by atoms with Gasteiger partial charge in [-0.25, -0.2) is 8.42 Å². The zero-order valence-electron chi connectivity index (χ0n) is 18.8. The number of piperidine rings is 1. The van der Waals surface area contributed by atoms with Gasteiger partial charge in [0.05, 0.1) is 17.8 Å². The number of nitrogens with one attached hydrogen (secondary N) is 2. The lowest BCUT2D eigenvalue weighted by molar-refractivity contribution is 0.208. The molecule has 0 atom stereocenters. The molecule has 2 N–H and O–H groups in total. The minimum atomic E-state index is -3.27. The second-order valence-electron chi connectivity index (χ2n) is 8.49. The average molecular weight is 469 g/mol. The molecule has 1 aliphatic heterocycles. The van der Waals surface area contributed by atoms with Gasteiger partial charge in [0, 0.05) is 42.3 Å². The third kappa shape index (κ3) is 4.56. The fraction of sp³-hybridized carbons (Fsp3) is 0.375. The first-order valence-corrected chi connectivity index (χ1v) is 12.9. The Hall–Kier alpha value is -3.04. The van der Waals surface area contributed by atoms with Crippen LogP contribution in [0.2, 0.25) is 0 Å². The molecule has 5 rings (SSSR count). The standard InChI is InChI=1S/C24H28N4O4S/c1-3-33(29,30)20-5-7-23-22(14-20)27-24(32-23)26-17-8-10-28(11-9-17)15-18-12-16-13-19(31-2)4-6-21(16)25-18/h4-7,12-14,17,25H,3,8-11,15H2,1-2H3,(H,26,27). The fourth-order valence-electron chi connectivity index (χ4n) is 4.36. The van der Waals surface area contributed by atoms with Gasteiger partial charge in [-0.3, -0.25) is 4.90 Å². The second-order valence-corrected chi connectivity index (χ2v) is 10.8. The van der Waals surface area contributed by atoms with Crippen LogP contribution >= 0.6 is 0 Å². The molecule has 0 bridgehead atoms. The number of benzene rings is 2. The van der Waals surface area contributed by atoms with Crippen molar-refractivity contribution >= 4 is 37.9 Å². The van der Waals surface area contributed by atoms with Crippen molar-refractivity contribution in [3.05, 3.63) is 48.2 Å². The Labute approximate surface area is 192 Å². The Morgan fingerprint density at radius 2 is 2.00 bits per heavy atom. The van der Waals surface area contributed by atoms with E-state index in [9.17, 15) is 8.42 Å². The molecular weight excluding hydrogens is 440 g/mol. The van der Waals surface area contributed by atoms with E-state index in [1.807, 2.05) is 12.1 Å². The van der Waals surface area contributed by atoms with Gasteiger partial charge in [-0.2, -0.15) is 4.98 Å². The van der Waals surface area contributed by atoms with E-state index in [2.05, 4.69) is 32.3 Å². The van der Waals surface area contributed by atoms with Gasteiger partial charge in [0.25, 0.3) is 6.01 Å². The first-order valence-electron chi connectivity index (χ1n) is 11.2. The van der Waals surface area contributed by atoms with Crippen molar-refractivity contribution in [2.24, 2.45) is 0 Å². The van der Waals surface area contributed by atoms with Crippen LogP contribution in [-0.4, -0.2) is 55.3 Å². The first kappa shape index (κ1) is 21.8. The van der Waals surface area contributed by atoms with Gasteiger partial charge in [0.15, 0.2) is 15.4 Å². The smallest absolute Gasteiger partial charge is 0.295 e. The van der Waals surface area contributed by atoms with Gasteiger partial charge in [-0.05, 0) is 55.3 Å². The third-order valence-corrected chi connectivity index (χ3v) is 8.02. The monoisotopic (exact) mass is 468 g/mol. The topological polar surface area (TPSA) is 100 Å². The molecule has 1 fully saturated rings. The zero-order chi connectivity index (χ0) is 23.0. The van der Waals surface area contributed by atoms with Crippen molar-refractivity contribution in [3.8, 4) is 5.75 Å². The highest BCUT2D eigenvalue weighted by Crippen LogP contribution is 2.26. The molecule has 8 nitrogen and oxygen atoms in total. The molecular formula is C24H28N4O4S. The minimum Gasteiger partial charge on any atom is -0.497 e. The number of rotatable bonds is 7. The number of sulfone groups is 1. The number of oxazole rings is 1. The van der Waals surface area contributed by atoms with Gasteiger partial charge in [0.1, 0.15) is 11.3 Å². The molecule has 0 unspecified atom stereocenters. The maximum atomic E-state index is 12.1. The molecule has 0 amide bonds. The number of anilines is 1. The summed E-state index contributed by atoms with van der Waals surface area (Å²) in [6.45, 7) is 4.45. The maximum Gasteiger partial charge on any atom is 0.295 e. The summed E-state index contributed by atoms with van der Waals surface area (Å²) < 4.78 is 35.4. The second kappa shape index (κ2) is 8.72. The van der Waals surface area contributed by atoms with E-state index >= 15 is 0 Å². The molecule has 0 saturated carbocycles. The number of fused-ring (bicyclic) bond motifs is 2. The van der Waals surface area contributed by atoms with Crippen LogP contribution in [0.5, 0.6) is 5.75 Å². The number of hydrogen-bond acceptors (Lipinski definition) is 7. The lowest BCUT2D eigenvalue weighted by Crippen LogP contribution is -2.38. The highest BCUT2D eigenvalue weighted by atomic mass is 32.2. The van der Waals surface area contributed by atoms with Crippen molar-refractivity contribution in [3.63, 3.8) is 0 Å². The molecule has 2 aromatic heterocycles. The summed E-state index contributed by atoms with van der Waals surface area (Å²) in [6.07, 6.45) is 1.95. The normalized spacial score (nSPS) is 15.9. The Bertz CT molecular complexity index is 1380. The number of ether oxygens (including phenoxy) is 1. The minimum absolute atomic E-state index is 0.0622. The Balaban J connectivity index is 1.19. The van der Waals surface area contributed by atoms with E-state index in [0.29, 0.717) is 17.1 Å². The van der Waals surface area contributed by atoms with E-state index < -0.39 is 9.84 Å². The molecule has 1 saturated heterocycles. The number of aromatic amines is 1. The van der Waals surface area contributed by atoms with E-state index in [1.54, 1.807) is 32.2 Å². The summed E-state index contributed by atoms with van der Waals surface area (Å²) in [5, 5.41) is 4.54. The predicted molar refractivity (Wildman–Crippen MR) is 129 cm³/mol. The van der Waals surface area contributed by atoms with Crippen molar-refractivity contribution in [2.75, 3.05) is 31.3 Å². The SMILES string of the molecule is CCS(=O)(=O)c1ccc2oc(NC3CCN(Cc4cc5cc(OC)ccc5[nH]4)CC3)nc2c1. The number of methoxy groups -OCH3 is 1. The molecule has 1 aliphatic rings. The lowest BCUT2D eigenvalue weighted by atomic mass is 10.1. The zero-order valence-corrected chi connectivity index (χ0v) is 19.6. The van der Waals surface area contributed by atoms with Crippen LogP contribution in [0.3, 0.4) is 0 Å². The summed E-state index contributed by atoms with van der Waals surface area (Å²) in [7, 11) is -1.59. The molecule has 4 aromatic rings. The Morgan fingerprint density at radius 1 is 1.18 bits per heavy atom. The number of aromatic nitrogens is 2. The molecule has 33 heavy (non-hydrogen) atoms. The molecule has 0 spiro atoms. The van der Waals surface area contributed by atoms with E-state index in [1.165, 1.54) is 5.69 Å². The van der Waals surface area contributed by atoms with E-state index in [-0.39, 0.29) is 16.7 Å². The van der Waals surface area contributed by atoms with Crippen LogP contribution in [0.15, 0.2) is 51.8 Å². The van der Waals surface area contributed by atoms with Crippen molar-refractivity contribution < 1.29 is 17.6 Å². The molecule has 0 aliphatic carbocycles. The van der Waals surface area contributed by atoms with Crippen LogP contribution in [0.1, 0.15) is 25.5 Å². The van der Waals surface area contributed by atoms with Crippen LogP contribution in [0.4, 0.5) is 6.01 Å². The van der Waals surface area contributed by atoms with Gasteiger partial charge in [-0.1, -0.05) is 6.92 Å².